The molecule has 16 heavy (non-hydrogen) atoms. The number of halogens is 1. The molecule has 0 atom stereocenters. The lowest BCUT2D eigenvalue weighted by atomic mass is 10.1. The summed E-state index contributed by atoms with van der Waals surface area (Å²) in [4.78, 5) is 21.5. The highest BCUT2D eigenvalue weighted by molar-refractivity contribution is 9.10. The van der Waals surface area contributed by atoms with E-state index in [2.05, 4.69) is 21.2 Å². The number of carbonyl (C=O) groups excluding carboxylic acids is 1. The van der Waals surface area contributed by atoms with Gasteiger partial charge in [-0.1, -0.05) is 12.1 Å². The standard InChI is InChI=1S/C11H12BrNO3/c1-7(14)13-11-8(5-6-10(15)16)3-2-4-9(11)12/h2-4H,5-6H2,1H3,(H,13,14)(H,15,16). The topological polar surface area (TPSA) is 66.4 Å². The molecule has 2 N–H and O–H groups in total. The number of hydrogen-bond donors (Lipinski definition) is 2. The van der Waals surface area contributed by atoms with Gasteiger partial charge in [-0.2, -0.15) is 0 Å². The molecule has 0 spiro atoms. The molecule has 5 heteroatoms. The fourth-order valence-corrected chi connectivity index (χ4v) is 1.84. The Kier molecular flexibility index (Phi) is 4.49. The number of aliphatic carboxylic acids is 1. The van der Waals surface area contributed by atoms with E-state index in [0.29, 0.717) is 12.1 Å². The highest BCUT2D eigenvalue weighted by Gasteiger charge is 2.09. The number of carboxylic acid groups (broad SMARTS) is 1. The lowest BCUT2D eigenvalue weighted by Gasteiger charge is -2.11. The van der Waals surface area contributed by atoms with Crippen LogP contribution in [-0.2, 0) is 16.0 Å². The summed E-state index contributed by atoms with van der Waals surface area (Å²) in [6, 6.07) is 5.42. The molecule has 1 rings (SSSR count). The first-order valence-electron chi connectivity index (χ1n) is 4.77. The van der Waals surface area contributed by atoms with E-state index in [1.54, 1.807) is 12.1 Å². The molecule has 0 heterocycles. The quantitative estimate of drug-likeness (QED) is 0.893. The number of nitrogens with one attached hydrogen (secondary N) is 1. The highest BCUT2D eigenvalue weighted by Crippen LogP contribution is 2.27. The van der Waals surface area contributed by atoms with Gasteiger partial charge in [-0.25, -0.2) is 0 Å². The molecule has 0 bridgehead atoms. The lowest BCUT2D eigenvalue weighted by Crippen LogP contribution is -2.09. The molecule has 0 saturated heterocycles. The molecule has 0 aliphatic heterocycles. The van der Waals surface area contributed by atoms with Crippen LogP contribution in [0.2, 0.25) is 0 Å². The van der Waals surface area contributed by atoms with Crippen molar-refractivity contribution in [3.05, 3.63) is 28.2 Å². The Morgan fingerprint density at radius 3 is 2.69 bits per heavy atom. The van der Waals surface area contributed by atoms with Gasteiger partial charge in [-0.3, -0.25) is 9.59 Å². The average Bonchev–Trinajstić information content (AvgIpc) is 2.18. The zero-order chi connectivity index (χ0) is 12.1. The molecule has 1 aromatic carbocycles. The minimum absolute atomic E-state index is 0.0447. The average molecular weight is 286 g/mol. The smallest absolute Gasteiger partial charge is 0.303 e. The molecule has 0 aromatic heterocycles. The number of carbonyl (C=O) groups is 2. The summed E-state index contributed by atoms with van der Waals surface area (Å²) in [6.07, 6.45) is 0.438. The first-order chi connectivity index (χ1) is 7.50. The number of hydrogen-bond acceptors (Lipinski definition) is 2. The predicted octanol–water partition coefficient (Wildman–Crippen LogP) is 2.42. The number of benzene rings is 1. The fourth-order valence-electron chi connectivity index (χ4n) is 1.33. The van der Waals surface area contributed by atoms with Crippen molar-refractivity contribution in [2.24, 2.45) is 0 Å². The van der Waals surface area contributed by atoms with Crippen LogP contribution in [0, 0.1) is 0 Å². The molecule has 1 amide bonds. The molecule has 86 valence electrons. The maximum atomic E-state index is 11.0. The van der Waals surface area contributed by atoms with E-state index in [1.165, 1.54) is 6.92 Å². The molecule has 0 aliphatic rings. The molecule has 0 aliphatic carbocycles. The summed E-state index contributed by atoms with van der Waals surface area (Å²) in [5, 5.41) is 11.3. The van der Waals surface area contributed by atoms with Crippen LogP contribution in [0.4, 0.5) is 5.69 Å². The number of carboxylic acids is 1. The predicted molar refractivity (Wildman–Crippen MR) is 64.4 cm³/mol. The van der Waals surface area contributed by atoms with Crippen LogP contribution in [-0.4, -0.2) is 17.0 Å². The second-order valence-electron chi connectivity index (χ2n) is 3.35. The lowest BCUT2D eigenvalue weighted by molar-refractivity contribution is -0.136. The van der Waals surface area contributed by atoms with Gasteiger partial charge in [0.05, 0.1) is 5.69 Å². The minimum Gasteiger partial charge on any atom is -0.481 e. The van der Waals surface area contributed by atoms with Gasteiger partial charge in [-0.15, -0.1) is 0 Å². The maximum Gasteiger partial charge on any atom is 0.303 e. The molecular weight excluding hydrogens is 274 g/mol. The Morgan fingerprint density at radius 2 is 2.12 bits per heavy atom. The van der Waals surface area contributed by atoms with Crippen molar-refractivity contribution in [2.75, 3.05) is 5.32 Å². The Morgan fingerprint density at radius 1 is 1.44 bits per heavy atom. The normalized spacial score (nSPS) is 9.88. The van der Waals surface area contributed by atoms with E-state index in [0.717, 1.165) is 10.0 Å². The van der Waals surface area contributed by atoms with Gasteiger partial charge in [0.1, 0.15) is 0 Å². The first-order valence-corrected chi connectivity index (χ1v) is 5.56. The Labute approximate surface area is 102 Å². The van der Waals surface area contributed by atoms with Crippen LogP contribution in [0.5, 0.6) is 0 Å². The zero-order valence-corrected chi connectivity index (χ0v) is 10.4. The SMILES string of the molecule is CC(=O)Nc1c(Br)cccc1CCC(=O)O. The van der Waals surface area contributed by atoms with Crippen molar-refractivity contribution in [1.82, 2.24) is 0 Å². The van der Waals surface area contributed by atoms with Crippen LogP contribution >= 0.6 is 15.9 Å². The van der Waals surface area contributed by atoms with E-state index < -0.39 is 5.97 Å². The van der Waals surface area contributed by atoms with E-state index >= 15 is 0 Å². The molecule has 0 saturated carbocycles. The van der Waals surface area contributed by atoms with Crippen molar-refractivity contribution in [2.45, 2.75) is 19.8 Å². The van der Waals surface area contributed by atoms with Crippen LogP contribution < -0.4 is 5.32 Å². The monoisotopic (exact) mass is 285 g/mol. The fraction of sp³-hybridized carbons (Fsp3) is 0.273. The van der Waals surface area contributed by atoms with E-state index in [9.17, 15) is 9.59 Å². The number of anilines is 1. The van der Waals surface area contributed by atoms with Crippen LogP contribution in [0.25, 0.3) is 0 Å². The second-order valence-corrected chi connectivity index (χ2v) is 4.20. The summed E-state index contributed by atoms with van der Waals surface area (Å²) in [5.74, 6) is -1.03. The molecule has 4 nitrogen and oxygen atoms in total. The minimum atomic E-state index is -0.853. The van der Waals surface area contributed by atoms with Gasteiger partial charge in [0.15, 0.2) is 0 Å². The van der Waals surface area contributed by atoms with E-state index in [4.69, 9.17) is 5.11 Å². The number of aryl methyl sites for hydroxylation is 1. The van der Waals surface area contributed by atoms with Crippen molar-refractivity contribution in [3.8, 4) is 0 Å². The number of para-hydroxylation sites is 1. The second kappa shape index (κ2) is 5.65. The van der Waals surface area contributed by atoms with Crippen molar-refractivity contribution in [1.29, 1.82) is 0 Å². The van der Waals surface area contributed by atoms with E-state index in [1.807, 2.05) is 6.07 Å². The van der Waals surface area contributed by atoms with Gasteiger partial charge < -0.3 is 10.4 Å². The summed E-state index contributed by atoms with van der Waals surface area (Å²) in [7, 11) is 0. The van der Waals surface area contributed by atoms with Crippen LogP contribution in [0.3, 0.4) is 0 Å². The Hall–Kier alpha value is -1.36. The van der Waals surface area contributed by atoms with Gasteiger partial charge in [-0.05, 0) is 34.0 Å². The third-order valence-electron chi connectivity index (χ3n) is 2.01. The first kappa shape index (κ1) is 12.7. The van der Waals surface area contributed by atoms with Crippen molar-refractivity contribution < 1.29 is 14.7 Å². The van der Waals surface area contributed by atoms with Gasteiger partial charge in [0.2, 0.25) is 5.91 Å². The maximum absolute atomic E-state index is 11.0. The van der Waals surface area contributed by atoms with E-state index in [-0.39, 0.29) is 12.3 Å². The van der Waals surface area contributed by atoms with Crippen molar-refractivity contribution in [3.63, 3.8) is 0 Å². The molecular formula is C11H12BrNO3. The summed E-state index contributed by atoms with van der Waals surface area (Å²) < 4.78 is 0.755. The number of amides is 1. The van der Waals surface area contributed by atoms with Gasteiger partial charge in [0, 0.05) is 17.8 Å². The summed E-state index contributed by atoms with van der Waals surface area (Å²) >= 11 is 3.32. The third kappa shape index (κ3) is 3.66. The molecule has 0 unspecified atom stereocenters. The molecule has 1 aromatic rings. The van der Waals surface area contributed by atoms with Gasteiger partial charge >= 0.3 is 5.97 Å². The van der Waals surface area contributed by atoms with Gasteiger partial charge in [0.25, 0.3) is 0 Å². The Bertz CT molecular complexity index is 418. The Balaban J connectivity index is 2.93. The summed E-state index contributed by atoms with van der Waals surface area (Å²) in [5.41, 5.74) is 1.46. The molecule has 0 fully saturated rings. The third-order valence-corrected chi connectivity index (χ3v) is 2.67. The highest BCUT2D eigenvalue weighted by atomic mass is 79.9. The summed E-state index contributed by atoms with van der Waals surface area (Å²) in [6.45, 7) is 1.42. The number of rotatable bonds is 4. The largest absolute Gasteiger partial charge is 0.481 e. The zero-order valence-electron chi connectivity index (χ0n) is 8.79. The molecule has 0 radical (unpaired) electrons. The van der Waals surface area contributed by atoms with Crippen LogP contribution in [0.1, 0.15) is 18.9 Å². The van der Waals surface area contributed by atoms with Crippen LogP contribution in [0.15, 0.2) is 22.7 Å². The van der Waals surface area contributed by atoms with Crippen molar-refractivity contribution >= 4 is 33.5 Å².